The van der Waals surface area contributed by atoms with Crippen LogP contribution in [0.5, 0.6) is 0 Å². The SMILES string of the molecule is CC(C)(C)OC(=O)N1CCCCC1C(=O)N(Cc1cc(Cl)ccc1Cl)C1CC1. The summed E-state index contributed by atoms with van der Waals surface area (Å²) in [5.41, 5.74) is 0.237. The lowest BCUT2D eigenvalue weighted by Crippen LogP contribution is -2.54. The number of likely N-dealkylation sites (tertiary alicyclic amines) is 1. The first kappa shape index (κ1) is 21.3. The summed E-state index contributed by atoms with van der Waals surface area (Å²) in [7, 11) is 0. The van der Waals surface area contributed by atoms with E-state index in [1.54, 1.807) is 23.1 Å². The van der Waals surface area contributed by atoms with Crippen molar-refractivity contribution >= 4 is 35.2 Å². The van der Waals surface area contributed by atoms with Gasteiger partial charge in [0.25, 0.3) is 0 Å². The number of rotatable bonds is 4. The predicted molar refractivity (Wildman–Crippen MR) is 111 cm³/mol. The number of nitrogens with zero attached hydrogens (tertiary/aromatic N) is 2. The van der Waals surface area contributed by atoms with Crippen LogP contribution >= 0.6 is 23.2 Å². The Kier molecular flexibility index (Phi) is 6.45. The highest BCUT2D eigenvalue weighted by Crippen LogP contribution is 2.33. The van der Waals surface area contributed by atoms with Gasteiger partial charge in [0.1, 0.15) is 11.6 Å². The van der Waals surface area contributed by atoms with Crippen LogP contribution in [0.4, 0.5) is 4.79 Å². The lowest BCUT2D eigenvalue weighted by Gasteiger charge is -2.38. The largest absolute Gasteiger partial charge is 0.444 e. The molecular weight excluding hydrogens is 399 g/mol. The van der Waals surface area contributed by atoms with Crippen molar-refractivity contribution in [3.8, 4) is 0 Å². The number of benzene rings is 1. The molecular formula is C21H28Cl2N2O3. The molecule has 3 rings (SSSR count). The summed E-state index contributed by atoms with van der Waals surface area (Å²) in [6, 6.07) is 5.01. The van der Waals surface area contributed by atoms with Gasteiger partial charge in [-0.3, -0.25) is 9.69 Å². The highest BCUT2D eigenvalue weighted by atomic mass is 35.5. The van der Waals surface area contributed by atoms with E-state index in [1.165, 1.54) is 0 Å². The summed E-state index contributed by atoms with van der Waals surface area (Å²) >= 11 is 12.4. The average molecular weight is 427 g/mol. The summed E-state index contributed by atoms with van der Waals surface area (Å²) in [5, 5.41) is 1.19. The molecule has 0 radical (unpaired) electrons. The molecule has 1 saturated carbocycles. The van der Waals surface area contributed by atoms with Crippen LogP contribution < -0.4 is 0 Å². The number of halogens is 2. The number of carbonyl (C=O) groups excluding carboxylic acids is 2. The number of piperidine rings is 1. The monoisotopic (exact) mass is 426 g/mol. The van der Waals surface area contributed by atoms with E-state index < -0.39 is 17.7 Å². The Morgan fingerprint density at radius 1 is 1.18 bits per heavy atom. The fraction of sp³-hybridized carbons (Fsp3) is 0.619. The first-order chi connectivity index (χ1) is 13.2. The zero-order valence-electron chi connectivity index (χ0n) is 16.7. The van der Waals surface area contributed by atoms with E-state index in [4.69, 9.17) is 27.9 Å². The average Bonchev–Trinajstić information content (AvgIpc) is 3.45. The fourth-order valence-electron chi connectivity index (χ4n) is 3.54. The fourth-order valence-corrected chi connectivity index (χ4v) is 3.91. The van der Waals surface area contributed by atoms with Gasteiger partial charge in [-0.25, -0.2) is 4.79 Å². The van der Waals surface area contributed by atoms with E-state index in [1.807, 2.05) is 25.7 Å². The first-order valence-corrected chi connectivity index (χ1v) is 10.7. The molecule has 1 aliphatic carbocycles. The molecule has 0 bridgehead atoms. The molecule has 1 aliphatic heterocycles. The second-order valence-corrected chi connectivity index (χ2v) is 9.46. The smallest absolute Gasteiger partial charge is 0.410 e. The first-order valence-electron chi connectivity index (χ1n) is 9.90. The Hall–Kier alpha value is -1.46. The van der Waals surface area contributed by atoms with Crippen molar-refractivity contribution in [2.75, 3.05) is 6.54 Å². The summed E-state index contributed by atoms with van der Waals surface area (Å²) < 4.78 is 5.54. The minimum absolute atomic E-state index is 0.0240. The maximum absolute atomic E-state index is 13.5. The number of carbonyl (C=O) groups is 2. The lowest BCUT2D eigenvalue weighted by atomic mass is 10.0. The van der Waals surface area contributed by atoms with E-state index in [0.717, 1.165) is 31.2 Å². The van der Waals surface area contributed by atoms with Gasteiger partial charge >= 0.3 is 6.09 Å². The van der Waals surface area contributed by atoms with E-state index in [9.17, 15) is 9.59 Å². The Balaban J connectivity index is 1.79. The number of hydrogen-bond donors (Lipinski definition) is 0. The maximum atomic E-state index is 13.5. The third-order valence-corrected chi connectivity index (χ3v) is 5.64. The van der Waals surface area contributed by atoms with Crippen molar-refractivity contribution in [1.29, 1.82) is 0 Å². The van der Waals surface area contributed by atoms with Gasteiger partial charge in [0.2, 0.25) is 5.91 Å². The normalized spacial score (nSPS) is 20.0. The summed E-state index contributed by atoms with van der Waals surface area (Å²) in [4.78, 5) is 29.6. The molecule has 5 nitrogen and oxygen atoms in total. The van der Waals surface area contributed by atoms with Crippen molar-refractivity contribution in [3.05, 3.63) is 33.8 Å². The molecule has 2 fully saturated rings. The summed E-state index contributed by atoms with van der Waals surface area (Å²) in [5.74, 6) is -0.0240. The van der Waals surface area contributed by atoms with Crippen molar-refractivity contribution in [2.24, 2.45) is 0 Å². The van der Waals surface area contributed by atoms with E-state index >= 15 is 0 Å². The summed E-state index contributed by atoms with van der Waals surface area (Å²) in [6.45, 7) is 6.46. The minimum atomic E-state index is -0.591. The highest BCUT2D eigenvalue weighted by Gasteiger charge is 2.41. The highest BCUT2D eigenvalue weighted by molar-refractivity contribution is 6.33. The van der Waals surface area contributed by atoms with Crippen LogP contribution in [0.1, 0.15) is 58.4 Å². The van der Waals surface area contributed by atoms with Crippen molar-refractivity contribution in [1.82, 2.24) is 9.80 Å². The van der Waals surface area contributed by atoms with Gasteiger partial charge in [-0.15, -0.1) is 0 Å². The molecule has 0 aromatic heterocycles. The second-order valence-electron chi connectivity index (χ2n) is 8.62. The minimum Gasteiger partial charge on any atom is -0.444 e. The van der Waals surface area contributed by atoms with E-state index in [-0.39, 0.29) is 11.9 Å². The van der Waals surface area contributed by atoms with Gasteiger partial charge in [-0.05, 0) is 76.6 Å². The number of ether oxygens (including phenoxy) is 1. The maximum Gasteiger partial charge on any atom is 0.410 e. The van der Waals surface area contributed by atoms with Crippen LogP contribution in [0.3, 0.4) is 0 Å². The Morgan fingerprint density at radius 3 is 2.54 bits per heavy atom. The van der Waals surface area contributed by atoms with Crippen molar-refractivity contribution < 1.29 is 14.3 Å². The number of amides is 2. The van der Waals surface area contributed by atoms with E-state index in [0.29, 0.717) is 29.6 Å². The lowest BCUT2D eigenvalue weighted by molar-refractivity contribution is -0.139. The van der Waals surface area contributed by atoms with E-state index in [2.05, 4.69) is 0 Å². The zero-order chi connectivity index (χ0) is 20.5. The third-order valence-electron chi connectivity index (χ3n) is 5.04. The Bertz CT molecular complexity index is 744. The summed E-state index contributed by atoms with van der Waals surface area (Å²) in [6.07, 6.45) is 4.00. The third kappa shape index (κ3) is 5.32. The van der Waals surface area contributed by atoms with Crippen molar-refractivity contribution in [2.45, 2.75) is 77.1 Å². The van der Waals surface area contributed by atoms with Crippen LogP contribution in [-0.2, 0) is 16.1 Å². The standard InChI is InChI=1S/C21H28Cl2N2O3/c1-21(2,3)28-20(27)24-11-5-4-6-18(24)19(26)25(16-8-9-16)13-14-12-15(22)7-10-17(14)23/h7,10,12,16,18H,4-6,8-9,11,13H2,1-3H3. The van der Waals surface area contributed by atoms with Crippen LogP contribution in [0.25, 0.3) is 0 Å². The van der Waals surface area contributed by atoms with Gasteiger partial charge in [0.15, 0.2) is 0 Å². The van der Waals surface area contributed by atoms with Crippen molar-refractivity contribution in [3.63, 3.8) is 0 Å². The number of hydrogen-bond acceptors (Lipinski definition) is 3. The molecule has 1 unspecified atom stereocenters. The Morgan fingerprint density at radius 2 is 1.89 bits per heavy atom. The molecule has 1 atom stereocenters. The van der Waals surface area contributed by atoms with Gasteiger partial charge in [-0.2, -0.15) is 0 Å². The Labute approximate surface area is 176 Å². The molecule has 1 saturated heterocycles. The van der Waals surface area contributed by atoms with Gasteiger partial charge in [0, 0.05) is 29.2 Å². The molecule has 2 aliphatic rings. The molecule has 1 heterocycles. The molecule has 7 heteroatoms. The van der Waals surface area contributed by atoms with Gasteiger partial charge in [0.05, 0.1) is 0 Å². The van der Waals surface area contributed by atoms with Gasteiger partial charge < -0.3 is 9.64 Å². The van der Waals surface area contributed by atoms with Crippen LogP contribution in [-0.4, -0.2) is 46.0 Å². The molecule has 1 aromatic carbocycles. The van der Waals surface area contributed by atoms with Crippen LogP contribution in [0.2, 0.25) is 10.0 Å². The topological polar surface area (TPSA) is 49.9 Å². The van der Waals surface area contributed by atoms with Crippen LogP contribution in [0, 0.1) is 0 Å². The molecule has 1 aromatic rings. The quantitative estimate of drug-likeness (QED) is 0.658. The molecule has 0 N–H and O–H groups in total. The van der Waals surface area contributed by atoms with Crippen LogP contribution in [0.15, 0.2) is 18.2 Å². The molecule has 2 amide bonds. The molecule has 154 valence electrons. The molecule has 28 heavy (non-hydrogen) atoms. The second kappa shape index (κ2) is 8.50. The molecule has 0 spiro atoms. The van der Waals surface area contributed by atoms with Gasteiger partial charge in [-0.1, -0.05) is 23.2 Å². The predicted octanol–water partition coefficient (Wildman–Crippen LogP) is 5.27. The zero-order valence-corrected chi connectivity index (χ0v) is 18.2.